The van der Waals surface area contributed by atoms with Gasteiger partial charge in [-0.1, -0.05) is 0 Å². The fourth-order valence-electron chi connectivity index (χ4n) is 3.03. The van der Waals surface area contributed by atoms with Crippen molar-refractivity contribution >= 4 is 9.84 Å². The number of hydrogen-bond donors (Lipinski definition) is 1. The first kappa shape index (κ1) is 17.1. The minimum atomic E-state index is -3.34. The van der Waals surface area contributed by atoms with E-state index in [9.17, 15) is 8.42 Å². The van der Waals surface area contributed by atoms with Gasteiger partial charge in [0.2, 0.25) is 0 Å². The van der Waals surface area contributed by atoms with E-state index in [4.69, 9.17) is 4.74 Å². The van der Waals surface area contributed by atoms with Crippen LogP contribution in [-0.4, -0.2) is 59.1 Å². The van der Waals surface area contributed by atoms with Gasteiger partial charge in [-0.2, -0.15) is 5.10 Å². The molecule has 8 nitrogen and oxygen atoms in total. The summed E-state index contributed by atoms with van der Waals surface area (Å²) in [5.41, 5.74) is 0.583. The number of nitrogens with zero attached hydrogens (tertiary/aromatic N) is 4. The fourth-order valence-corrected chi connectivity index (χ4v) is 3.86. The van der Waals surface area contributed by atoms with E-state index in [1.165, 1.54) is 12.5 Å². The first-order valence-electron chi connectivity index (χ1n) is 7.94. The summed E-state index contributed by atoms with van der Waals surface area (Å²) in [4.78, 5) is 6.87. The van der Waals surface area contributed by atoms with Crippen LogP contribution in [0, 0.1) is 0 Å². The zero-order valence-corrected chi connectivity index (χ0v) is 15.0. The molecule has 132 valence electrons. The number of aromatic nitrogens is 4. The summed E-state index contributed by atoms with van der Waals surface area (Å²) in [5.74, 6) is 0.956. The molecule has 1 atom stereocenters. The predicted octanol–water partition coefficient (Wildman–Crippen LogP) is 1.16. The molecule has 1 aliphatic rings. The van der Waals surface area contributed by atoms with Gasteiger partial charge in [0.1, 0.15) is 10.7 Å². The van der Waals surface area contributed by atoms with Crippen LogP contribution in [-0.2, 0) is 21.1 Å². The lowest BCUT2D eigenvalue weighted by atomic mass is 10.1. The quantitative estimate of drug-likeness (QED) is 0.867. The van der Waals surface area contributed by atoms with Crippen molar-refractivity contribution in [1.29, 1.82) is 0 Å². The maximum atomic E-state index is 12.0. The summed E-state index contributed by atoms with van der Waals surface area (Å²) in [6.07, 6.45) is 6.32. The SMILES string of the molecule is CC(C)n1ccnc1CN1CCOC[C@H]1c1[nH]ncc1S(C)(=O)=O. The van der Waals surface area contributed by atoms with Crippen molar-refractivity contribution in [3.63, 3.8) is 0 Å². The lowest BCUT2D eigenvalue weighted by Gasteiger charge is -2.35. The van der Waals surface area contributed by atoms with Crippen LogP contribution in [0.2, 0.25) is 0 Å². The van der Waals surface area contributed by atoms with Gasteiger partial charge >= 0.3 is 0 Å². The topological polar surface area (TPSA) is 93.1 Å². The number of aromatic amines is 1. The molecule has 1 saturated heterocycles. The molecule has 0 aliphatic carbocycles. The third-order valence-corrected chi connectivity index (χ3v) is 5.38. The standard InChI is InChI=1S/C15H23N5O3S/c1-11(2)20-5-4-16-14(20)9-19-6-7-23-10-12(19)15-13(8-17-18-15)24(3,21)22/h4-5,8,11-12H,6-7,9-10H2,1-3H3,(H,17,18)/t12-/m0/s1. The third-order valence-electron chi connectivity index (χ3n) is 4.25. The smallest absolute Gasteiger partial charge is 0.178 e. The van der Waals surface area contributed by atoms with Crippen molar-refractivity contribution in [3.05, 3.63) is 30.1 Å². The molecule has 9 heteroatoms. The Morgan fingerprint density at radius 1 is 1.46 bits per heavy atom. The van der Waals surface area contributed by atoms with Crippen LogP contribution >= 0.6 is 0 Å². The molecular formula is C15H23N5O3S. The Morgan fingerprint density at radius 2 is 2.25 bits per heavy atom. The Kier molecular flexibility index (Phi) is 4.75. The molecule has 0 radical (unpaired) electrons. The van der Waals surface area contributed by atoms with Crippen molar-refractivity contribution in [1.82, 2.24) is 24.6 Å². The molecule has 1 fully saturated rings. The van der Waals surface area contributed by atoms with Gasteiger partial charge in [-0.3, -0.25) is 10.00 Å². The van der Waals surface area contributed by atoms with Crippen LogP contribution in [0.5, 0.6) is 0 Å². The molecule has 1 N–H and O–H groups in total. The fraction of sp³-hybridized carbons (Fsp3) is 0.600. The molecule has 1 aliphatic heterocycles. The molecule has 2 aromatic rings. The van der Waals surface area contributed by atoms with Gasteiger partial charge in [0, 0.05) is 31.2 Å². The van der Waals surface area contributed by atoms with Crippen molar-refractivity contribution < 1.29 is 13.2 Å². The molecule has 0 saturated carbocycles. The van der Waals surface area contributed by atoms with E-state index in [-0.39, 0.29) is 10.9 Å². The monoisotopic (exact) mass is 353 g/mol. The minimum Gasteiger partial charge on any atom is -0.378 e. The number of imidazole rings is 1. The Hall–Kier alpha value is -1.71. The van der Waals surface area contributed by atoms with Gasteiger partial charge in [-0.15, -0.1) is 0 Å². The lowest BCUT2D eigenvalue weighted by molar-refractivity contribution is -0.0169. The lowest BCUT2D eigenvalue weighted by Crippen LogP contribution is -2.40. The van der Waals surface area contributed by atoms with Gasteiger partial charge in [0.05, 0.1) is 37.7 Å². The van der Waals surface area contributed by atoms with E-state index in [0.717, 1.165) is 5.82 Å². The van der Waals surface area contributed by atoms with Crippen molar-refractivity contribution in [2.45, 2.75) is 37.4 Å². The van der Waals surface area contributed by atoms with E-state index in [1.807, 2.05) is 6.20 Å². The summed E-state index contributed by atoms with van der Waals surface area (Å²) in [6.45, 7) is 6.59. The Morgan fingerprint density at radius 3 is 2.96 bits per heavy atom. The van der Waals surface area contributed by atoms with Gasteiger partial charge in [0.25, 0.3) is 0 Å². The summed E-state index contributed by atoms with van der Waals surface area (Å²) < 4.78 is 31.7. The number of morpholine rings is 1. The minimum absolute atomic E-state index is 0.191. The highest BCUT2D eigenvalue weighted by Gasteiger charge is 2.31. The van der Waals surface area contributed by atoms with Crippen LogP contribution < -0.4 is 0 Å². The van der Waals surface area contributed by atoms with Crippen molar-refractivity contribution in [2.24, 2.45) is 0 Å². The maximum Gasteiger partial charge on any atom is 0.178 e. The number of ether oxygens (including phenoxy) is 1. The number of H-pyrrole nitrogens is 1. The summed E-state index contributed by atoms with van der Waals surface area (Å²) in [6, 6.07) is 0.129. The summed E-state index contributed by atoms with van der Waals surface area (Å²) in [7, 11) is -3.34. The van der Waals surface area contributed by atoms with Gasteiger partial charge in [0.15, 0.2) is 9.84 Å². The summed E-state index contributed by atoms with van der Waals surface area (Å²) in [5, 5.41) is 6.78. The molecule has 3 rings (SSSR count). The van der Waals surface area contributed by atoms with Crippen LogP contribution in [0.25, 0.3) is 0 Å². The average Bonchev–Trinajstić information content (AvgIpc) is 3.15. The molecule has 0 spiro atoms. The second-order valence-electron chi connectivity index (χ2n) is 6.33. The van der Waals surface area contributed by atoms with Gasteiger partial charge < -0.3 is 9.30 Å². The van der Waals surface area contributed by atoms with Crippen LogP contribution in [0.1, 0.15) is 37.4 Å². The highest BCUT2D eigenvalue weighted by atomic mass is 32.2. The van der Waals surface area contributed by atoms with E-state index in [0.29, 0.717) is 38.0 Å². The number of hydrogen-bond acceptors (Lipinski definition) is 6. The molecule has 2 aromatic heterocycles. The summed E-state index contributed by atoms with van der Waals surface area (Å²) >= 11 is 0. The van der Waals surface area contributed by atoms with E-state index in [2.05, 4.69) is 38.5 Å². The molecular weight excluding hydrogens is 330 g/mol. The molecule has 3 heterocycles. The average molecular weight is 353 g/mol. The largest absolute Gasteiger partial charge is 0.378 e. The molecule has 0 unspecified atom stereocenters. The Balaban J connectivity index is 1.90. The first-order valence-corrected chi connectivity index (χ1v) is 9.84. The zero-order chi connectivity index (χ0) is 17.3. The number of sulfone groups is 1. The Labute approximate surface area is 141 Å². The van der Waals surface area contributed by atoms with Crippen LogP contribution in [0.3, 0.4) is 0 Å². The first-order chi connectivity index (χ1) is 11.4. The molecule has 0 amide bonds. The second-order valence-corrected chi connectivity index (χ2v) is 8.31. The highest BCUT2D eigenvalue weighted by molar-refractivity contribution is 7.90. The van der Waals surface area contributed by atoms with Gasteiger partial charge in [-0.05, 0) is 13.8 Å². The number of nitrogens with one attached hydrogen (secondary N) is 1. The molecule has 0 bridgehead atoms. The number of rotatable bonds is 5. The van der Waals surface area contributed by atoms with E-state index >= 15 is 0 Å². The highest BCUT2D eigenvalue weighted by Crippen LogP contribution is 2.29. The van der Waals surface area contributed by atoms with Crippen LogP contribution in [0.15, 0.2) is 23.5 Å². The molecule has 0 aromatic carbocycles. The normalized spacial score (nSPS) is 19.9. The second kappa shape index (κ2) is 6.66. The van der Waals surface area contributed by atoms with Crippen molar-refractivity contribution in [2.75, 3.05) is 26.0 Å². The van der Waals surface area contributed by atoms with E-state index < -0.39 is 9.84 Å². The van der Waals surface area contributed by atoms with Gasteiger partial charge in [-0.25, -0.2) is 13.4 Å². The zero-order valence-electron chi connectivity index (χ0n) is 14.1. The maximum absolute atomic E-state index is 12.0. The van der Waals surface area contributed by atoms with Crippen LogP contribution in [0.4, 0.5) is 0 Å². The Bertz CT molecular complexity index is 796. The third kappa shape index (κ3) is 3.38. The van der Waals surface area contributed by atoms with E-state index in [1.54, 1.807) is 6.20 Å². The molecule has 24 heavy (non-hydrogen) atoms. The van der Waals surface area contributed by atoms with Crippen molar-refractivity contribution in [3.8, 4) is 0 Å². The predicted molar refractivity (Wildman–Crippen MR) is 88.3 cm³/mol.